The molecule has 4 heteroatoms. The molecule has 50 valence electrons. The molecule has 0 aliphatic heterocycles. The number of hydrogen-bond acceptors (Lipinski definition) is 1. The van der Waals surface area contributed by atoms with E-state index in [2.05, 4.69) is 11.2 Å². The third kappa shape index (κ3) is 8.42. The van der Waals surface area contributed by atoms with Crippen LogP contribution in [-0.2, 0) is 16.5 Å². The summed E-state index contributed by atoms with van der Waals surface area (Å²) < 4.78 is 0. The van der Waals surface area contributed by atoms with Gasteiger partial charge in [-0.05, 0) is 0 Å². The van der Waals surface area contributed by atoms with Gasteiger partial charge in [-0.3, -0.25) is 0 Å². The summed E-state index contributed by atoms with van der Waals surface area (Å²) in [7, 11) is 9.86. The summed E-state index contributed by atoms with van der Waals surface area (Å²) in [6.07, 6.45) is 4.34. The van der Waals surface area contributed by atoms with Crippen molar-refractivity contribution in [2.24, 2.45) is 0 Å². The fourth-order valence-electron chi connectivity index (χ4n) is 0.277. The van der Waals surface area contributed by atoms with Gasteiger partial charge in [-0.25, -0.2) is 0 Å². The second-order valence-electron chi connectivity index (χ2n) is 1.02. The molecule has 0 N–H and O–H groups in total. The van der Waals surface area contributed by atoms with Crippen LogP contribution in [0.25, 0.3) is 0 Å². The van der Waals surface area contributed by atoms with E-state index in [1.807, 2.05) is 12.1 Å². The van der Waals surface area contributed by atoms with Gasteiger partial charge in [-0.1, -0.05) is 12.4 Å². The summed E-state index contributed by atoms with van der Waals surface area (Å²) >= 11 is -0.806. The van der Waals surface area contributed by atoms with Crippen molar-refractivity contribution in [2.45, 2.75) is 0 Å². The van der Waals surface area contributed by atoms with Crippen molar-refractivity contribution in [3.63, 3.8) is 0 Å². The van der Waals surface area contributed by atoms with E-state index >= 15 is 0 Å². The Kier molecular flexibility index (Phi) is 8.81. The van der Waals surface area contributed by atoms with Gasteiger partial charge < -0.3 is 4.98 Å². The molecule has 0 saturated carbocycles. The molecule has 0 saturated heterocycles. The third-order valence-electron chi connectivity index (χ3n) is 0.517. The van der Waals surface area contributed by atoms with Crippen molar-refractivity contribution in [2.75, 3.05) is 0 Å². The number of rotatable bonds is 0. The fraction of sp³-hybridized carbons (Fsp3) is 0. The predicted octanol–water partition coefficient (Wildman–Crippen LogP) is 2.26. The van der Waals surface area contributed by atoms with E-state index in [9.17, 15) is 0 Å². The molecule has 0 unspecified atom stereocenters. The van der Waals surface area contributed by atoms with Crippen LogP contribution >= 0.6 is 18.8 Å². The monoisotopic (exact) mass is 332 g/mol. The number of pyridine rings is 1. The molecule has 1 heterocycles. The van der Waals surface area contributed by atoms with Crippen molar-refractivity contribution in [1.82, 2.24) is 4.98 Å². The topological polar surface area (TPSA) is 12.9 Å². The summed E-state index contributed by atoms with van der Waals surface area (Å²) in [5, 5.41) is 0. The van der Waals surface area contributed by atoms with E-state index < -0.39 is 16.5 Å². The first kappa shape index (κ1) is 9.42. The minimum absolute atomic E-state index is 0.806. The van der Waals surface area contributed by atoms with Crippen LogP contribution in [0.4, 0.5) is 0 Å². The molecule has 0 aliphatic carbocycles. The van der Waals surface area contributed by atoms with Gasteiger partial charge in [0.25, 0.3) is 0 Å². The molecule has 0 atom stereocenters. The maximum absolute atomic E-state index is 4.93. The number of nitrogens with zero attached hydrogens (tertiary/aromatic N) is 1. The molecular formula is C5H4Cl2NW-. The summed E-state index contributed by atoms with van der Waals surface area (Å²) in [6.45, 7) is 0. The Morgan fingerprint density at radius 3 is 2.11 bits per heavy atom. The smallest absolute Gasteiger partial charge is 0.0813 e. The van der Waals surface area contributed by atoms with Gasteiger partial charge in [0.05, 0.1) is 0 Å². The zero-order chi connectivity index (χ0) is 6.95. The van der Waals surface area contributed by atoms with E-state index in [-0.39, 0.29) is 0 Å². The van der Waals surface area contributed by atoms with Crippen molar-refractivity contribution < 1.29 is 16.5 Å². The first-order valence-electron chi connectivity index (χ1n) is 2.08. The molecule has 1 aromatic rings. The Labute approximate surface area is 70.8 Å². The summed E-state index contributed by atoms with van der Waals surface area (Å²) in [4.78, 5) is 3.66. The van der Waals surface area contributed by atoms with Crippen molar-refractivity contribution >= 4 is 18.8 Å². The minimum atomic E-state index is -0.806. The van der Waals surface area contributed by atoms with Crippen LogP contribution in [0.5, 0.6) is 0 Å². The van der Waals surface area contributed by atoms with E-state index in [1.54, 1.807) is 12.3 Å². The first-order valence-corrected chi connectivity index (χ1v) is 9.35. The minimum Gasteiger partial charge on any atom is -0.394 e. The van der Waals surface area contributed by atoms with Crippen LogP contribution in [0.15, 0.2) is 24.4 Å². The van der Waals surface area contributed by atoms with Crippen LogP contribution in [-0.4, -0.2) is 4.98 Å². The zero-order valence-electron chi connectivity index (χ0n) is 4.42. The largest absolute Gasteiger partial charge is 0.394 e. The van der Waals surface area contributed by atoms with Crippen molar-refractivity contribution in [3.8, 4) is 0 Å². The Hall–Kier alpha value is 0.418. The van der Waals surface area contributed by atoms with Crippen LogP contribution in [0, 0.1) is 6.20 Å². The van der Waals surface area contributed by atoms with Gasteiger partial charge in [0.15, 0.2) is 0 Å². The molecule has 0 aromatic carbocycles. The van der Waals surface area contributed by atoms with Gasteiger partial charge in [-0.2, -0.15) is 18.2 Å². The van der Waals surface area contributed by atoms with Gasteiger partial charge in [-0.15, -0.1) is 0 Å². The maximum atomic E-state index is 4.93. The Morgan fingerprint density at radius 1 is 1.33 bits per heavy atom. The summed E-state index contributed by atoms with van der Waals surface area (Å²) in [5.41, 5.74) is 0. The molecule has 1 rings (SSSR count). The molecule has 0 radical (unpaired) electrons. The molecule has 1 nitrogen and oxygen atoms in total. The van der Waals surface area contributed by atoms with Gasteiger partial charge in [0.2, 0.25) is 0 Å². The zero-order valence-corrected chi connectivity index (χ0v) is 8.87. The van der Waals surface area contributed by atoms with E-state index in [1.165, 1.54) is 0 Å². The molecule has 0 aliphatic rings. The molecule has 0 spiro atoms. The Balaban J connectivity index is 0.000000187. The Morgan fingerprint density at radius 2 is 2.00 bits per heavy atom. The molecule has 1 aromatic heterocycles. The SMILES string of the molecule is [Cl][W][Cl].[c-]1ccccn1. The normalized spacial score (nSPS) is 7.33. The van der Waals surface area contributed by atoms with Gasteiger partial charge in [0.1, 0.15) is 0 Å². The van der Waals surface area contributed by atoms with Gasteiger partial charge >= 0.3 is 35.3 Å². The van der Waals surface area contributed by atoms with Crippen molar-refractivity contribution in [3.05, 3.63) is 30.6 Å². The Bertz CT molecular complexity index is 97.8. The number of aromatic nitrogens is 1. The quantitative estimate of drug-likeness (QED) is 0.664. The standard InChI is InChI=1S/C5H4N.2ClH.W/c1-2-4-6-5-3-1;;;/h1-4H;2*1H;/q-1;;;+2/p-2. The maximum Gasteiger partial charge on any atom is -0.0813 e. The molecule has 0 bridgehead atoms. The number of halogens is 2. The van der Waals surface area contributed by atoms with Gasteiger partial charge in [0, 0.05) is 0 Å². The van der Waals surface area contributed by atoms with Crippen LogP contribution in [0.1, 0.15) is 0 Å². The second-order valence-corrected chi connectivity index (χ2v) is 5.26. The second kappa shape index (κ2) is 8.42. The first-order chi connectivity index (χ1) is 4.41. The van der Waals surface area contributed by atoms with E-state index in [0.29, 0.717) is 0 Å². The fourth-order valence-corrected chi connectivity index (χ4v) is 0.277. The average molecular weight is 333 g/mol. The third-order valence-corrected chi connectivity index (χ3v) is 0.517. The van der Waals surface area contributed by atoms with Crippen molar-refractivity contribution in [1.29, 1.82) is 0 Å². The predicted molar refractivity (Wildman–Crippen MR) is 34.8 cm³/mol. The molecule has 9 heavy (non-hydrogen) atoms. The van der Waals surface area contributed by atoms with Crippen LogP contribution < -0.4 is 0 Å². The molecular weight excluding hydrogens is 329 g/mol. The molecule has 0 fully saturated rings. The number of hydrogen-bond donors (Lipinski definition) is 0. The average Bonchev–Trinajstić information content (AvgIpc) is 1.93. The van der Waals surface area contributed by atoms with Crippen LogP contribution in [0.2, 0.25) is 0 Å². The molecule has 0 amide bonds. The van der Waals surface area contributed by atoms with Crippen LogP contribution in [0.3, 0.4) is 0 Å². The summed E-state index contributed by atoms with van der Waals surface area (Å²) in [5.74, 6) is 0. The van der Waals surface area contributed by atoms with E-state index in [4.69, 9.17) is 18.8 Å². The summed E-state index contributed by atoms with van der Waals surface area (Å²) in [6, 6.07) is 5.50. The van der Waals surface area contributed by atoms with E-state index in [0.717, 1.165) is 0 Å².